The highest BCUT2D eigenvalue weighted by atomic mass is 14.9. The molecule has 0 fully saturated rings. The summed E-state index contributed by atoms with van der Waals surface area (Å²) < 4.78 is 0. The number of benzene rings is 4. The van der Waals surface area contributed by atoms with Crippen molar-refractivity contribution in [1.82, 2.24) is 4.98 Å². The summed E-state index contributed by atoms with van der Waals surface area (Å²) in [6.45, 7) is 0. The molecule has 0 radical (unpaired) electrons. The molecule has 5 rings (SSSR count). The smallest absolute Gasteiger partial charge is 0.0725 e. The minimum absolute atomic E-state index is 0.0527. The van der Waals surface area contributed by atoms with E-state index < -0.39 is 0 Å². The van der Waals surface area contributed by atoms with E-state index in [0.29, 0.717) is 0 Å². The van der Waals surface area contributed by atoms with Crippen LogP contribution >= 0.6 is 0 Å². The highest BCUT2D eigenvalue weighted by molar-refractivity contribution is 5.93. The fourth-order valence-electron chi connectivity index (χ4n) is 4.03. The number of rotatable bonds is 6. The van der Waals surface area contributed by atoms with E-state index in [1.807, 2.05) is 6.07 Å². The van der Waals surface area contributed by atoms with Gasteiger partial charge in [-0.1, -0.05) is 103 Å². The first-order valence-corrected chi connectivity index (χ1v) is 10.7. The molecule has 150 valence electrons. The van der Waals surface area contributed by atoms with Crippen LogP contribution in [0.3, 0.4) is 0 Å². The van der Waals surface area contributed by atoms with Gasteiger partial charge in [0, 0.05) is 16.6 Å². The maximum absolute atomic E-state index is 5.05. The van der Waals surface area contributed by atoms with Crippen molar-refractivity contribution in [3.63, 3.8) is 0 Å². The summed E-state index contributed by atoms with van der Waals surface area (Å²) >= 11 is 0. The lowest BCUT2D eigenvalue weighted by Gasteiger charge is -2.22. The Morgan fingerprint density at radius 2 is 1.29 bits per heavy atom. The lowest BCUT2D eigenvalue weighted by atomic mass is 10.0. The second-order valence-electron chi connectivity index (χ2n) is 7.73. The Labute approximate surface area is 183 Å². The number of hydrogen-bond acceptors (Lipinski definition) is 2. The van der Waals surface area contributed by atoms with Gasteiger partial charge in [0.15, 0.2) is 0 Å². The lowest BCUT2D eigenvalue weighted by molar-refractivity contribution is 0.748. The summed E-state index contributed by atoms with van der Waals surface area (Å²) in [6.07, 6.45) is 0.856. The van der Waals surface area contributed by atoms with Gasteiger partial charge in [-0.05, 0) is 35.6 Å². The summed E-state index contributed by atoms with van der Waals surface area (Å²) in [5.41, 5.74) is 5.58. The number of anilines is 1. The highest BCUT2D eigenvalue weighted by Gasteiger charge is 2.16. The van der Waals surface area contributed by atoms with Gasteiger partial charge in [0.1, 0.15) is 0 Å². The molecule has 1 aromatic heterocycles. The monoisotopic (exact) mass is 400 g/mol. The van der Waals surface area contributed by atoms with Crippen LogP contribution in [0.5, 0.6) is 0 Å². The zero-order valence-electron chi connectivity index (χ0n) is 17.3. The van der Waals surface area contributed by atoms with E-state index >= 15 is 0 Å². The SMILES string of the molecule is c1ccc(CC(Nc2cccc3ccccc23)c2cccc(-c3ccccc3)n2)cc1. The second-order valence-corrected chi connectivity index (χ2v) is 7.73. The van der Waals surface area contributed by atoms with Crippen molar-refractivity contribution in [2.24, 2.45) is 0 Å². The van der Waals surface area contributed by atoms with Crippen molar-refractivity contribution >= 4 is 16.5 Å². The standard InChI is InChI=1S/C29H24N2/c1-3-11-22(12-4-1)21-29(31-27-19-9-16-23-13-7-8-17-25(23)27)28-20-10-18-26(30-28)24-14-5-2-6-15-24/h1-20,29,31H,21H2. The molecular weight excluding hydrogens is 376 g/mol. The van der Waals surface area contributed by atoms with Crippen molar-refractivity contribution in [2.45, 2.75) is 12.5 Å². The summed E-state index contributed by atoms with van der Waals surface area (Å²) in [5.74, 6) is 0. The third kappa shape index (κ3) is 4.34. The Balaban J connectivity index is 1.55. The summed E-state index contributed by atoms with van der Waals surface area (Å²) in [7, 11) is 0. The molecule has 2 heteroatoms. The van der Waals surface area contributed by atoms with Gasteiger partial charge in [0.2, 0.25) is 0 Å². The Morgan fingerprint density at radius 1 is 0.613 bits per heavy atom. The molecule has 0 aliphatic carbocycles. The quantitative estimate of drug-likeness (QED) is 0.323. The van der Waals surface area contributed by atoms with Crippen LogP contribution in [0, 0.1) is 0 Å². The van der Waals surface area contributed by atoms with E-state index in [0.717, 1.165) is 29.1 Å². The number of pyridine rings is 1. The van der Waals surface area contributed by atoms with Crippen LogP contribution in [0.4, 0.5) is 5.69 Å². The van der Waals surface area contributed by atoms with Crippen LogP contribution in [-0.4, -0.2) is 4.98 Å². The fraction of sp³-hybridized carbons (Fsp3) is 0.0690. The number of hydrogen-bond donors (Lipinski definition) is 1. The van der Waals surface area contributed by atoms with E-state index in [1.54, 1.807) is 0 Å². The van der Waals surface area contributed by atoms with Gasteiger partial charge in [0.25, 0.3) is 0 Å². The first-order chi connectivity index (χ1) is 15.4. The third-order valence-corrected chi connectivity index (χ3v) is 5.60. The van der Waals surface area contributed by atoms with E-state index in [2.05, 4.69) is 121 Å². The van der Waals surface area contributed by atoms with Gasteiger partial charge in [-0.25, -0.2) is 0 Å². The number of aromatic nitrogens is 1. The van der Waals surface area contributed by atoms with Crippen molar-refractivity contribution in [2.75, 3.05) is 5.32 Å². The minimum atomic E-state index is 0.0527. The average Bonchev–Trinajstić information content (AvgIpc) is 2.85. The molecular formula is C29H24N2. The molecule has 4 aromatic carbocycles. The average molecular weight is 401 g/mol. The topological polar surface area (TPSA) is 24.9 Å². The number of fused-ring (bicyclic) bond motifs is 1. The molecule has 0 amide bonds. The van der Waals surface area contributed by atoms with Crippen molar-refractivity contribution in [1.29, 1.82) is 0 Å². The van der Waals surface area contributed by atoms with Crippen molar-refractivity contribution in [3.8, 4) is 11.3 Å². The largest absolute Gasteiger partial charge is 0.376 e. The maximum Gasteiger partial charge on any atom is 0.0725 e. The fourth-order valence-corrected chi connectivity index (χ4v) is 4.03. The number of nitrogens with zero attached hydrogens (tertiary/aromatic N) is 1. The second kappa shape index (κ2) is 8.85. The summed E-state index contributed by atoms with van der Waals surface area (Å²) in [4.78, 5) is 5.05. The molecule has 0 saturated carbocycles. The number of nitrogens with one attached hydrogen (secondary N) is 1. The van der Waals surface area contributed by atoms with Gasteiger partial charge < -0.3 is 5.32 Å². The third-order valence-electron chi connectivity index (χ3n) is 5.60. The van der Waals surface area contributed by atoms with E-state index in [4.69, 9.17) is 4.98 Å². The first kappa shape index (κ1) is 19.1. The molecule has 31 heavy (non-hydrogen) atoms. The van der Waals surface area contributed by atoms with Crippen molar-refractivity contribution in [3.05, 3.63) is 133 Å². The Morgan fingerprint density at radius 3 is 2.13 bits per heavy atom. The molecule has 5 aromatic rings. The van der Waals surface area contributed by atoms with E-state index in [-0.39, 0.29) is 6.04 Å². The Kier molecular flexibility index (Phi) is 5.44. The van der Waals surface area contributed by atoms with Gasteiger partial charge in [-0.3, -0.25) is 4.98 Å². The molecule has 0 saturated heterocycles. The molecule has 1 heterocycles. The van der Waals surface area contributed by atoms with E-state index in [9.17, 15) is 0 Å². The van der Waals surface area contributed by atoms with Gasteiger partial charge in [-0.2, -0.15) is 0 Å². The molecule has 0 aliphatic rings. The Hall–Kier alpha value is -3.91. The normalized spacial score (nSPS) is 11.9. The zero-order valence-corrected chi connectivity index (χ0v) is 17.3. The Bertz CT molecular complexity index is 1270. The molecule has 1 N–H and O–H groups in total. The predicted molar refractivity (Wildman–Crippen MR) is 130 cm³/mol. The van der Waals surface area contributed by atoms with Crippen LogP contribution in [-0.2, 0) is 6.42 Å². The van der Waals surface area contributed by atoms with Crippen LogP contribution in [0.2, 0.25) is 0 Å². The highest BCUT2D eigenvalue weighted by Crippen LogP contribution is 2.29. The summed E-state index contributed by atoms with van der Waals surface area (Å²) in [6, 6.07) is 42.2. The maximum atomic E-state index is 5.05. The van der Waals surface area contributed by atoms with Crippen molar-refractivity contribution < 1.29 is 0 Å². The summed E-state index contributed by atoms with van der Waals surface area (Å²) in [5, 5.41) is 6.26. The molecule has 1 unspecified atom stereocenters. The molecule has 2 nitrogen and oxygen atoms in total. The van der Waals surface area contributed by atoms with E-state index in [1.165, 1.54) is 16.3 Å². The predicted octanol–water partition coefficient (Wildman–Crippen LogP) is 7.30. The zero-order chi connectivity index (χ0) is 20.9. The van der Waals surface area contributed by atoms with Gasteiger partial charge in [-0.15, -0.1) is 0 Å². The molecule has 1 atom stereocenters. The van der Waals surface area contributed by atoms with Crippen LogP contribution in [0.1, 0.15) is 17.3 Å². The molecule has 0 bridgehead atoms. The molecule has 0 aliphatic heterocycles. The van der Waals surface area contributed by atoms with Crippen LogP contribution in [0.15, 0.2) is 121 Å². The van der Waals surface area contributed by atoms with Gasteiger partial charge in [0.05, 0.1) is 17.4 Å². The lowest BCUT2D eigenvalue weighted by Crippen LogP contribution is -2.15. The van der Waals surface area contributed by atoms with Crippen LogP contribution in [0.25, 0.3) is 22.0 Å². The van der Waals surface area contributed by atoms with Gasteiger partial charge >= 0.3 is 0 Å². The minimum Gasteiger partial charge on any atom is -0.376 e. The molecule has 0 spiro atoms. The van der Waals surface area contributed by atoms with Crippen LogP contribution < -0.4 is 5.32 Å². The first-order valence-electron chi connectivity index (χ1n) is 10.7.